The molecule has 100 valence electrons. The standard InChI is InChI=1S/C15H25N3/c1-12(2)10-18(15-5-3-4-6-15)11-14-8-7-13(16)9-17-14/h7-9,12,15H,3-6,10-11,16H2,1-2H3. The Morgan fingerprint density at radius 2 is 2.06 bits per heavy atom. The Kier molecular flexibility index (Phi) is 4.59. The number of nitrogen functional groups attached to an aromatic ring is 1. The predicted octanol–water partition coefficient (Wildman–Crippen LogP) is 3.06. The van der Waals surface area contributed by atoms with E-state index in [-0.39, 0.29) is 0 Å². The second-order valence-corrected chi connectivity index (χ2v) is 5.84. The summed E-state index contributed by atoms with van der Waals surface area (Å²) in [5.41, 5.74) is 7.57. The number of hydrogen-bond acceptors (Lipinski definition) is 3. The van der Waals surface area contributed by atoms with Gasteiger partial charge in [-0.1, -0.05) is 26.7 Å². The summed E-state index contributed by atoms with van der Waals surface area (Å²) in [5, 5.41) is 0. The normalized spacial score (nSPS) is 16.9. The van der Waals surface area contributed by atoms with Crippen LogP contribution in [-0.4, -0.2) is 22.5 Å². The van der Waals surface area contributed by atoms with E-state index in [2.05, 4.69) is 29.8 Å². The van der Waals surface area contributed by atoms with Crippen LogP contribution in [0, 0.1) is 5.92 Å². The first-order valence-electron chi connectivity index (χ1n) is 7.09. The van der Waals surface area contributed by atoms with Gasteiger partial charge in [0.25, 0.3) is 0 Å². The van der Waals surface area contributed by atoms with Gasteiger partial charge < -0.3 is 5.73 Å². The van der Waals surface area contributed by atoms with Crippen molar-refractivity contribution in [2.75, 3.05) is 12.3 Å². The summed E-state index contributed by atoms with van der Waals surface area (Å²) in [6, 6.07) is 4.76. The molecular formula is C15H25N3. The molecule has 3 nitrogen and oxygen atoms in total. The van der Waals surface area contributed by atoms with E-state index in [1.807, 2.05) is 6.07 Å². The number of anilines is 1. The van der Waals surface area contributed by atoms with Crippen LogP contribution >= 0.6 is 0 Å². The largest absolute Gasteiger partial charge is 0.397 e. The number of aromatic nitrogens is 1. The van der Waals surface area contributed by atoms with Gasteiger partial charge in [0.2, 0.25) is 0 Å². The highest BCUT2D eigenvalue weighted by Crippen LogP contribution is 2.25. The van der Waals surface area contributed by atoms with Gasteiger partial charge in [0, 0.05) is 19.1 Å². The molecule has 0 aliphatic heterocycles. The molecule has 18 heavy (non-hydrogen) atoms. The second kappa shape index (κ2) is 6.19. The highest BCUT2D eigenvalue weighted by Gasteiger charge is 2.23. The maximum atomic E-state index is 5.68. The Morgan fingerprint density at radius 3 is 2.61 bits per heavy atom. The molecule has 0 bridgehead atoms. The molecule has 1 aliphatic carbocycles. The van der Waals surface area contributed by atoms with Crippen LogP contribution in [0.2, 0.25) is 0 Å². The van der Waals surface area contributed by atoms with Crippen molar-refractivity contribution < 1.29 is 0 Å². The van der Waals surface area contributed by atoms with Crippen molar-refractivity contribution in [3.05, 3.63) is 24.0 Å². The Balaban J connectivity index is 2.01. The fourth-order valence-electron chi connectivity index (χ4n) is 2.82. The third kappa shape index (κ3) is 3.70. The van der Waals surface area contributed by atoms with Gasteiger partial charge in [0.1, 0.15) is 0 Å². The van der Waals surface area contributed by atoms with E-state index < -0.39 is 0 Å². The number of hydrogen-bond donors (Lipinski definition) is 1. The van der Waals surface area contributed by atoms with Gasteiger partial charge in [-0.2, -0.15) is 0 Å². The van der Waals surface area contributed by atoms with E-state index in [0.29, 0.717) is 5.92 Å². The molecule has 0 radical (unpaired) electrons. The Morgan fingerprint density at radius 1 is 1.33 bits per heavy atom. The summed E-state index contributed by atoms with van der Waals surface area (Å²) in [5.74, 6) is 0.708. The highest BCUT2D eigenvalue weighted by molar-refractivity contribution is 5.34. The van der Waals surface area contributed by atoms with Crippen LogP contribution in [0.5, 0.6) is 0 Å². The number of rotatable bonds is 5. The molecule has 0 atom stereocenters. The van der Waals surface area contributed by atoms with E-state index >= 15 is 0 Å². The van der Waals surface area contributed by atoms with Crippen LogP contribution in [0.4, 0.5) is 5.69 Å². The minimum atomic E-state index is 0.708. The summed E-state index contributed by atoms with van der Waals surface area (Å²) in [6.45, 7) is 6.70. The third-order valence-corrected chi connectivity index (χ3v) is 3.65. The topological polar surface area (TPSA) is 42.1 Å². The lowest BCUT2D eigenvalue weighted by Gasteiger charge is -2.30. The summed E-state index contributed by atoms with van der Waals surface area (Å²) < 4.78 is 0. The monoisotopic (exact) mass is 247 g/mol. The fraction of sp³-hybridized carbons (Fsp3) is 0.667. The Labute approximate surface area is 110 Å². The van der Waals surface area contributed by atoms with E-state index in [0.717, 1.165) is 30.5 Å². The van der Waals surface area contributed by atoms with Gasteiger partial charge in [-0.3, -0.25) is 9.88 Å². The first kappa shape index (κ1) is 13.3. The summed E-state index contributed by atoms with van der Waals surface area (Å²) >= 11 is 0. The van der Waals surface area contributed by atoms with Crippen molar-refractivity contribution in [1.29, 1.82) is 0 Å². The first-order chi connectivity index (χ1) is 8.65. The average molecular weight is 247 g/mol. The van der Waals surface area contributed by atoms with E-state index in [4.69, 9.17) is 5.73 Å². The van der Waals surface area contributed by atoms with E-state index in [1.165, 1.54) is 25.7 Å². The van der Waals surface area contributed by atoms with Crippen LogP contribution < -0.4 is 5.73 Å². The van der Waals surface area contributed by atoms with Gasteiger partial charge in [-0.25, -0.2) is 0 Å². The number of nitrogens with two attached hydrogens (primary N) is 1. The van der Waals surface area contributed by atoms with Crippen LogP contribution in [0.3, 0.4) is 0 Å². The lowest BCUT2D eigenvalue weighted by atomic mass is 10.1. The maximum Gasteiger partial charge on any atom is 0.0545 e. The number of pyridine rings is 1. The molecule has 0 unspecified atom stereocenters. The van der Waals surface area contributed by atoms with E-state index in [9.17, 15) is 0 Å². The minimum absolute atomic E-state index is 0.708. The SMILES string of the molecule is CC(C)CN(Cc1ccc(N)cn1)C1CCCC1. The second-order valence-electron chi connectivity index (χ2n) is 5.84. The molecule has 0 aromatic carbocycles. The third-order valence-electron chi connectivity index (χ3n) is 3.65. The van der Waals surface area contributed by atoms with Crippen LogP contribution in [0.25, 0.3) is 0 Å². The summed E-state index contributed by atoms with van der Waals surface area (Å²) in [6.07, 6.45) is 7.23. The van der Waals surface area contributed by atoms with Crippen LogP contribution in [0.15, 0.2) is 18.3 Å². The van der Waals surface area contributed by atoms with Crippen molar-refractivity contribution in [3.8, 4) is 0 Å². The molecule has 2 N–H and O–H groups in total. The molecule has 1 aliphatic rings. The molecule has 1 saturated carbocycles. The molecule has 2 rings (SSSR count). The smallest absolute Gasteiger partial charge is 0.0545 e. The molecule has 1 fully saturated rings. The van der Waals surface area contributed by atoms with Crippen molar-refractivity contribution in [1.82, 2.24) is 9.88 Å². The fourth-order valence-corrected chi connectivity index (χ4v) is 2.82. The molecule has 0 spiro atoms. The van der Waals surface area contributed by atoms with Gasteiger partial charge in [-0.05, 0) is 30.9 Å². The predicted molar refractivity (Wildman–Crippen MR) is 76.2 cm³/mol. The summed E-state index contributed by atoms with van der Waals surface area (Å²) in [7, 11) is 0. The van der Waals surface area contributed by atoms with Gasteiger partial charge in [0.15, 0.2) is 0 Å². The van der Waals surface area contributed by atoms with Gasteiger partial charge in [-0.15, -0.1) is 0 Å². The molecule has 3 heteroatoms. The van der Waals surface area contributed by atoms with Crippen molar-refractivity contribution in [2.45, 2.75) is 52.1 Å². The quantitative estimate of drug-likeness (QED) is 0.869. The zero-order chi connectivity index (χ0) is 13.0. The molecule has 1 aromatic rings. The molecule has 0 saturated heterocycles. The number of nitrogens with zero attached hydrogens (tertiary/aromatic N) is 2. The van der Waals surface area contributed by atoms with Crippen LogP contribution in [-0.2, 0) is 6.54 Å². The van der Waals surface area contributed by atoms with Crippen molar-refractivity contribution >= 4 is 5.69 Å². The molecule has 0 amide bonds. The lowest BCUT2D eigenvalue weighted by molar-refractivity contribution is 0.166. The highest BCUT2D eigenvalue weighted by atomic mass is 15.2. The zero-order valence-corrected chi connectivity index (χ0v) is 11.6. The molecule has 1 aromatic heterocycles. The van der Waals surface area contributed by atoms with Crippen LogP contribution in [0.1, 0.15) is 45.2 Å². The molecule has 1 heterocycles. The van der Waals surface area contributed by atoms with Crippen molar-refractivity contribution in [2.24, 2.45) is 5.92 Å². The van der Waals surface area contributed by atoms with E-state index in [1.54, 1.807) is 6.20 Å². The van der Waals surface area contributed by atoms with Gasteiger partial charge >= 0.3 is 0 Å². The summed E-state index contributed by atoms with van der Waals surface area (Å²) in [4.78, 5) is 7.04. The Bertz CT molecular complexity index is 353. The lowest BCUT2D eigenvalue weighted by Crippen LogP contribution is -2.35. The minimum Gasteiger partial charge on any atom is -0.397 e. The average Bonchev–Trinajstić information content (AvgIpc) is 2.84. The zero-order valence-electron chi connectivity index (χ0n) is 11.6. The first-order valence-corrected chi connectivity index (χ1v) is 7.09. The maximum absolute atomic E-state index is 5.68. The van der Waals surface area contributed by atoms with Gasteiger partial charge in [0.05, 0.1) is 17.6 Å². The van der Waals surface area contributed by atoms with Crippen molar-refractivity contribution in [3.63, 3.8) is 0 Å². The Hall–Kier alpha value is -1.09. The molecular weight excluding hydrogens is 222 g/mol.